The number of aromatic nitrogens is 2. The normalized spacial score (nSPS) is 10.7. The third kappa shape index (κ3) is 5.79. The number of hydrogen-bond acceptors (Lipinski definition) is 6. The average Bonchev–Trinajstić information content (AvgIpc) is 2.32. The first-order valence-electron chi connectivity index (χ1n) is 6.25. The van der Waals surface area contributed by atoms with E-state index >= 15 is 0 Å². The molecule has 1 aromatic heterocycles. The molecule has 0 saturated carbocycles. The summed E-state index contributed by atoms with van der Waals surface area (Å²) < 4.78 is 5.51. The van der Waals surface area contributed by atoms with Gasteiger partial charge in [0.15, 0.2) is 0 Å². The molecule has 0 aliphatic rings. The second-order valence-electron chi connectivity index (χ2n) is 4.58. The van der Waals surface area contributed by atoms with Gasteiger partial charge in [0.25, 0.3) is 0 Å². The van der Waals surface area contributed by atoms with Crippen molar-refractivity contribution in [1.29, 1.82) is 0 Å². The van der Waals surface area contributed by atoms with Crippen molar-refractivity contribution < 1.29 is 4.74 Å². The molecule has 0 aromatic carbocycles. The lowest BCUT2D eigenvalue weighted by atomic mass is 10.1. The van der Waals surface area contributed by atoms with E-state index in [1.165, 1.54) is 0 Å². The molecule has 6 nitrogen and oxygen atoms in total. The molecule has 0 unspecified atom stereocenters. The molecule has 0 aliphatic carbocycles. The van der Waals surface area contributed by atoms with Gasteiger partial charge in [-0.05, 0) is 19.3 Å². The molecule has 1 heterocycles. The highest BCUT2D eigenvalue weighted by Crippen LogP contribution is 2.08. The van der Waals surface area contributed by atoms with Crippen LogP contribution in [-0.4, -0.2) is 29.7 Å². The zero-order valence-electron chi connectivity index (χ0n) is 11.4. The van der Waals surface area contributed by atoms with Crippen molar-refractivity contribution in [3.63, 3.8) is 0 Å². The van der Waals surface area contributed by atoms with Crippen molar-refractivity contribution in [2.75, 3.05) is 30.5 Å². The molecular weight excluding hydrogens is 230 g/mol. The molecule has 0 fully saturated rings. The second kappa shape index (κ2) is 7.84. The molecule has 1 rings (SSSR count). The zero-order valence-corrected chi connectivity index (χ0v) is 11.4. The topological polar surface area (TPSA) is 85.1 Å². The summed E-state index contributed by atoms with van der Waals surface area (Å²) in [5.41, 5.74) is 3.30. The van der Waals surface area contributed by atoms with Crippen LogP contribution < -0.4 is 16.6 Å². The summed E-state index contributed by atoms with van der Waals surface area (Å²) in [6.07, 6.45) is 1.09. The number of hydrazine groups is 1. The van der Waals surface area contributed by atoms with Crippen LogP contribution in [0.2, 0.25) is 0 Å². The van der Waals surface area contributed by atoms with Gasteiger partial charge in [0, 0.05) is 24.9 Å². The summed E-state index contributed by atoms with van der Waals surface area (Å²) in [5, 5.41) is 3.18. The smallest absolute Gasteiger partial charge is 0.239 e. The van der Waals surface area contributed by atoms with Gasteiger partial charge in [-0.15, -0.1) is 0 Å². The fraction of sp³-hybridized carbons (Fsp3) is 0.667. The number of nitrogens with zero attached hydrogens (tertiary/aromatic N) is 2. The molecule has 0 amide bonds. The number of hydrogen-bond donors (Lipinski definition) is 3. The Bertz CT molecular complexity index is 356. The van der Waals surface area contributed by atoms with Gasteiger partial charge in [0.05, 0.1) is 6.61 Å². The highest BCUT2D eigenvalue weighted by Gasteiger charge is 2.00. The summed E-state index contributed by atoms with van der Waals surface area (Å²) >= 11 is 0. The first-order chi connectivity index (χ1) is 8.61. The minimum atomic E-state index is 0.415. The van der Waals surface area contributed by atoms with E-state index in [2.05, 4.69) is 34.6 Å². The van der Waals surface area contributed by atoms with E-state index in [0.717, 1.165) is 31.1 Å². The summed E-state index contributed by atoms with van der Waals surface area (Å²) in [5.74, 6) is 7.13. The summed E-state index contributed by atoms with van der Waals surface area (Å²) in [6.45, 7) is 8.46. The van der Waals surface area contributed by atoms with Crippen LogP contribution in [-0.2, 0) is 4.74 Å². The number of ether oxygens (including phenoxy) is 1. The van der Waals surface area contributed by atoms with Crippen molar-refractivity contribution in [2.45, 2.75) is 27.2 Å². The number of rotatable bonds is 8. The highest BCUT2D eigenvalue weighted by molar-refractivity contribution is 5.41. The van der Waals surface area contributed by atoms with E-state index in [-0.39, 0.29) is 0 Å². The van der Waals surface area contributed by atoms with Crippen molar-refractivity contribution in [2.24, 2.45) is 11.8 Å². The van der Waals surface area contributed by atoms with Crippen molar-refractivity contribution in [3.8, 4) is 0 Å². The highest BCUT2D eigenvalue weighted by atomic mass is 16.5. The van der Waals surface area contributed by atoms with E-state index in [1.807, 2.05) is 13.0 Å². The molecule has 102 valence electrons. The van der Waals surface area contributed by atoms with Crippen molar-refractivity contribution in [1.82, 2.24) is 9.97 Å². The lowest BCUT2D eigenvalue weighted by molar-refractivity contribution is 0.132. The first kappa shape index (κ1) is 14.7. The van der Waals surface area contributed by atoms with E-state index in [1.54, 1.807) is 0 Å². The Kier molecular flexibility index (Phi) is 6.38. The first-order valence-corrected chi connectivity index (χ1v) is 6.25. The minimum absolute atomic E-state index is 0.415. The largest absolute Gasteiger partial charge is 0.380 e. The maximum absolute atomic E-state index is 5.51. The van der Waals surface area contributed by atoms with E-state index < -0.39 is 0 Å². The Morgan fingerprint density at radius 2 is 2.11 bits per heavy atom. The Morgan fingerprint density at radius 3 is 2.78 bits per heavy atom. The Morgan fingerprint density at radius 1 is 1.33 bits per heavy atom. The monoisotopic (exact) mass is 253 g/mol. The Balaban J connectivity index is 2.24. The van der Waals surface area contributed by atoms with Gasteiger partial charge in [-0.25, -0.2) is 10.8 Å². The number of nitrogen functional groups attached to an aromatic ring is 1. The number of nitrogens with two attached hydrogens (primary N) is 1. The van der Waals surface area contributed by atoms with Crippen molar-refractivity contribution >= 4 is 11.8 Å². The second-order valence-corrected chi connectivity index (χ2v) is 4.58. The molecule has 0 atom stereocenters. The molecule has 0 saturated heterocycles. The molecule has 1 aromatic rings. The van der Waals surface area contributed by atoms with Crippen LogP contribution in [0.25, 0.3) is 0 Å². The molecule has 0 aliphatic heterocycles. The predicted molar refractivity (Wildman–Crippen MR) is 73.3 cm³/mol. The fourth-order valence-corrected chi connectivity index (χ4v) is 1.40. The SMILES string of the molecule is Cc1cc(NCCOCCC(C)C)nc(NN)n1. The quantitative estimate of drug-likeness (QED) is 0.370. The molecule has 0 spiro atoms. The average molecular weight is 253 g/mol. The summed E-state index contributed by atoms with van der Waals surface area (Å²) in [4.78, 5) is 8.30. The maximum Gasteiger partial charge on any atom is 0.239 e. The van der Waals surface area contributed by atoms with E-state index in [0.29, 0.717) is 18.5 Å². The van der Waals surface area contributed by atoms with Gasteiger partial charge >= 0.3 is 0 Å². The number of anilines is 2. The van der Waals surface area contributed by atoms with Crippen LogP contribution in [0, 0.1) is 12.8 Å². The summed E-state index contributed by atoms with van der Waals surface area (Å²) in [6, 6.07) is 1.87. The van der Waals surface area contributed by atoms with Gasteiger partial charge in [-0.3, -0.25) is 5.43 Å². The third-order valence-electron chi connectivity index (χ3n) is 2.38. The Hall–Kier alpha value is -1.40. The van der Waals surface area contributed by atoms with Gasteiger partial charge in [0.2, 0.25) is 5.95 Å². The lowest BCUT2D eigenvalue weighted by Gasteiger charge is -2.09. The van der Waals surface area contributed by atoms with Gasteiger partial charge in [-0.2, -0.15) is 4.98 Å². The van der Waals surface area contributed by atoms with Gasteiger partial charge < -0.3 is 10.1 Å². The molecule has 0 radical (unpaired) electrons. The van der Waals surface area contributed by atoms with Crippen LogP contribution in [0.15, 0.2) is 6.07 Å². The van der Waals surface area contributed by atoms with Crippen LogP contribution in [0.5, 0.6) is 0 Å². The fourth-order valence-electron chi connectivity index (χ4n) is 1.40. The zero-order chi connectivity index (χ0) is 13.4. The number of aryl methyl sites for hydroxylation is 1. The van der Waals surface area contributed by atoms with Gasteiger partial charge in [-0.1, -0.05) is 13.8 Å². The number of nitrogens with one attached hydrogen (secondary N) is 2. The van der Waals surface area contributed by atoms with Crippen molar-refractivity contribution in [3.05, 3.63) is 11.8 Å². The maximum atomic E-state index is 5.51. The van der Waals surface area contributed by atoms with Crippen LogP contribution >= 0.6 is 0 Å². The lowest BCUT2D eigenvalue weighted by Crippen LogP contribution is -2.15. The van der Waals surface area contributed by atoms with Gasteiger partial charge in [0.1, 0.15) is 5.82 Å². The summed E-state index contributed by atoms with van der Waals surface area (Å²) in [7, 11) is 0. The molecule has 0 bridgehead atoms. The predicted octanol–water partition coefficient (Wildman–Crippen LogP) is 1.55. The molecule has 6 heteroatoms. The standard InChI is InChI=1S/C12H23N5O/c1-9(2)4-6-18-7-5-14-11-8-10(3)15-12(16-11)17-13/h8-9H,4-7,13H2,1-3H3,(H2,14,15,16,17). The molecule has 4 N–H and O–H groups in total. The minimum Gasteiger partial charge on any atom is -0.380 e. The molecule has 18 heavy (non-hydrogen) atoms. The van der Waals surface area contributed by atoms with Crippen LogP contribution in [0.1, 0.15) is 26.0 Å². The third-order valence-corrected chi connectivity index (χ3v) is 2.38. The van der Waals surface area contributed by atoms with Crippen LogP contribution in [0.3, 0.4) is 0 Å². The van der Waals surface area contributed by atoms with E-state index in [4.69, 9.17) is 10.6 Å². The molecular formula is C12H23N5O. The van der Waals surface area contributed by atoms with Crippen LogP contribution in [0.4, 0.5) is 11.8 Å². The van der Waals surface area contributed by atoms with E-state index in [9.17, 15) is 0 Å². The Labute approximate surface area is 108 Å².